The zero-order valence-electron chi connectivity index (χ0n) is 11.4. The molecular weight excluding hydrogens is 280 g/mol. The minimum Gasteiger partial charge on any atom is -0.289 e. The van der Waals surface area contributed by atoms with Crippen molar-refractivity contribution in [1.29, 1.82) is 0 Å². The summed E-state index contributed by atoms with van der Waals surface area (Å²) in [7, 11) is -3.79. The first-order valence-electron chi connectivity index (χ1n) is 6.02. The third-order valence-electron chi connectivity index (χ3n) is 2.65. The molecule has 0 aromatic heterocycles. The summed E-state index contributed by atoms with van der Waals surface area (Å²) in [4.78, 5) is 11.3. The maximum atomic E-state index is 12.4. The molecule has 0 saturated carbocycles. The molecule has 2 N–H and O–H groups in total. The Balaban J connectivity index is 3.09. The third-order valence-corrected chi connectivity index (χ3v) is 4.47. The van der Waals surface area contributed by atoms with E-state index in [1.54, 1.807) is 31.2 Å². The summed E-state index contributed by atoms with van der Waals surface area (Å²) in [6.45, 7) is 3.22. The quantitative estimate of drug-likeness (QED) is 0.467. The molecular formula is C13H18N2O4S. The van der Waals surface area contributed by atoms with Gasteiger partial charge in [-0.1, -0.05) is 29.8 Å². The fourth-order valence-electron chi connectivity index (χ4n) is 1.53. The average Bonchev–Trinajstić information content (AvgIpc) is 2.43. The highest BCUT2D eigenvalue weighted by atomic mass is 32.2. The fraction of sp³-hybridized carbons (Fsp3) is 0.308. The molecule has 6 nitrogen and oxygen atoms in total. The number of carbonyl (C=O) groups is 1. The molecule has 0 radical (unpaired) electrons. The number of rotatable bonds is 6. The molecule has 0 spiro atoms. The Hall–Kier alpha value is -1.70. The van der Waals surface area contributed by atoms with E-state index in [0.717, 1.165) is 9.87 Å². The van der Waals surface area contributed by atoms with Crippen molar-refractivity contribution in [1.82, 2.24) is 9.79 Å². The van der Waals surface area contributed by atoms with Gasteiger partial charge in [-0.05, 0) is 26.0 Å². The summed E-state index contributed by atoms with van der Waals surface area (Å²) in [5.74, 6) is -0.787. The highest BCUT2D eigenvalue weighted by Gasteiger charge is 2.25. The molecule has 0 fully saturated rings. The van der Waals surface area contributed by atoms with Crippen LogP contribution < -0.4 is 5.48 Å². The van der Waals surface area contributed by atoms with Crippen LogP contribution in [0.5, 0.6) is 0 Å². The molecule has 0 atom stereocenters. The van der Waals surface area contributed by atoms with Gasteiger partial charge >= 0.3 is 0 Å². The van der Waals surface area contributed by atoms with Crippen LogP contribution in [0.1, 0.15) is 12.5 Å². The van der Waals surface area contributed by atoms with E-state index in [0.29, 0.717) is 0 Å². The lowest BCUT2D eigenvalue weighted by Gasteiger charge is -2.19. The Morgan fingerprint density at radius 2 is 1.95 bits per heavy atom. The third kappa shape index (κ3) is 4.16. The predicted octanol–water partition coefficient (Wildman–Crippen LogP) is 1.07. The van der Waals surface area contributed by atoms with E-state index >= 15 is 0 Å². The summed E-state index contributed by atoms with van der Waals surface area (Å²) in [6.07, 6.45) is 3.31. The lowest BCUT2D eigenvalue weighted by Crippen LogP contribution is -2.39. The van der Waals surface area contributed by atoms with Gasteiger partial charge in [0.05, 0.1) is 11.4 Å². The predicted molar refractivity (Wildman–Crippen MR) is 74.7 cm³/mol. The molecule has 7 heteroatoms. The Kier molecular flexibility index (Phi) is 5.87. The normalized spacial score (nSPS) is 12.0. The Bertz CT molecular complexity index is 579. The summed E-state index contributed by atoms with van der Waals surface area (Å²) in [6, 6.07) is 6.36. The smallest absolute Gasteiger partial charge is 0.258 e. The van der Waals surface area contributed by atoms with Crippen LogP contribution in [-0.4, -0.2) is 36.9 Å². The van der Waals surface area contributed by atoms with Crippen molar-refractivity contribution in [3.63, 3.8) is 0 Å². The lowest BCUT2D eigenvalue weighted by molar-refractivity contribution is -0.129. The standard InChI is InChI=1S/C13H18N2O4S/c1-3-4-9-15(10-13(16)14-17)20(18,19)12-7-5-11(2)6-8-12/h3-8,17H,9-10H2,1-2H3,(H,14,16). The van der Waals surface area contributed by atoms with Crippen LogP contribution >= 0.6 is 0 Å². The van der Waals surface area contributed by atoms with E-state index in [-0.39, 0.29) is 11.4 Å². The number of aryl methyl sites for hydroxylation is 1. The van der Waals surface area contributed by atoms with E-state index in [9.17, 15) is 13.2 Å². The maximum absolute atomic E-state index is 12.4. The van der Waals surface area contributed by atoms with Gasteiger partial charge in [0.15, 0.2) is 0 Å². The first-order valence-corrected chi connectivity index (χ1v) is 7.46. The highest BCUT2D eigenvalue weighted by molar-refractivity contribution is 7.89. The van der Waals surface area contributed by atoms with E-state index in [2.05, 4.69) is 0 Å². The van der Waals surface area contributed by atoms with E-state index in [4.69, 9.17) is 5.21 Å². The van der Waals surface area contributed by atoms with Gasteiger partial charge in [0.2, 0.25) is 10.0 Å². The van der Waals surface area contributed by atoms with Crippen LogP contribution in [-0.2, 0) is 14.8 Å². The lowest BCUT2D eigenvalue weighted by atomic mass is 10.2. The van der Waals surface area contributed by atoms with Crippen LogP contribution in [0.2, 0.25) is 0 Å². The minimum atomic E-state index is -3.79. The zero-order valence-corrected chi connectivity index (χ0v) is 12.2. The second-order valence-electron chi connectivity index (χ2n) is 4.21. The number of hydroxylamine groups is 1. The largest absolute Gasteiger partial charge is 0.289 e. The second kappa shape index (κ2) is 7.18. The molecule has 0 heterocycles. The molecule has 20 heavy (non-hydrogen) atoms. The molecule has 0 unspecified atom stereocenters. The SMILES string of the molecule is CC=CCN(CC(=O)NO)S(=O)(=O)c1ccc(C)cc1. The number of sulfonamides is 1. The van der Waals surface area contributed by atoms with Gasteiger partial charge in [0, 0.05) is 6.54 Å². The van der Waals surface area contributed by atoms with Gasteiger partial charge in [0.25, 0.3) is 5.91 Å². The summed E-state index contributed by atoms with van der Waals surface area (Å²) >= 11 is 0. The minimum absolute atomic E-state index is 0.0557. The van der Waals surface area contributed by atoms with Crippen molar-refractivity contribution < 1.29 is 18.4 Å². The van der Waals surface area contributed by atoms with Gasteiger partial charge in [-0.25, -0.2) is 13.9 Å². The maximum Gasteiger partial charge on any atom is 0.258 e. The molecule has 1 aromatic rings. The van der Waals surface area contributed by atoms with Crippen LogP contribution in [0.15, 0.2) is 41.3 Å². The number of benzene rings is 1. The van der Waals surface area contributed by atoms with Crippen LogP contribution in [0, 0.1) is 6.92 Å². The highest BCUT2D eigenvalue weighted by Crippen LogP contribution is 2.16. The molecule has 0 aliphatic carbocycles. The van der Waals surface area contributed by atoms with E-state index < -0.39 is 22.5 Å². The van der Waals surface area contributed by atoms with Gasteiger partial charge in [-0.15, -0.1) is 0 Å². The van der Waals surface area contributed by atoms with Crippen LogP contribution in [0.4, 0.5) is 0 Å². The fourth-order valence-corrected chi connectivity index (χ4v) is 2.87. The topological polar surface area (TPSA) is 86.7 Å². The average molecular weight is 298 g/mol. The van der Waals surface area contributed by atoms with Crippen LogP contribution in [0.3, 0.4) is 0 Å². The van der Waals surface area contributed by atoms with Crippen molar-refractivity contribution in [2.24, 2.45) is 0 Å². The van der Waals surface area contributed by atoms with Crippen molar-refractivity contribution in [2.75, 3.05) is 13.1 Å². The molecule has 0 aliphatic heterocycles. The van der Waals surface area contributed by atoms with Crippen molar-refractivity contribution >= 4 is 15.9 Å². The number of hydrogen-bond donors (Lipinski definition) is 2. The van der Waals surface area contributed by atoms with E-state index in [1.165, 1.54) is 17.6 Å². The molecule has 0 saturated heterocycles. The van der Waals surface area contributed by atoms with Crippen molar-refractivity contribution in [3.05, 3.63) is 42.0 Å². The summed E-state index contributed by atoms with van der Waals surface area (Å²) in [5.41, 5.74) is 2.38. The number of hydrogen-bond acceptors (Lipinski definition) is 4. The first-order chi connectivity index (χ1) is 9.41. The van der Waals surface area contributed by atoms with Gasteiger partial charge in [-0.3, -0.25) is 10.0 Å². The Morgan fingerprint density at radius 1 is 1.35 bits per heavy atom. The number of carbonyl (C=O) groups excluding carboxylic acids is 1. The Morgan fingerprint density at radius 3 is 2.45 bits per heavy atom. The second-order valence-corrected chi connectivity index (χ2v) is 6.15. The monoisotopic (exact) mass is 298 g/mol. The molecule has 1 amide bonds. The number of amides is 1. The van der Waals surface area contributed by atoms with Gasteiger partial charge in [-0.2, -0.15) is 4.31 Å². The molecule has 110 valence electrons. The molecule has 1 aromatic carbocycles. The van der Waals surface area contributed by atoms with Gasteiger partial charge < -0.3 is 0 Å². The Labute approximate surface area is 118 Å². The van der Waals surface area contributed by atoms with Crippen LogP contribution in [0.25, 0.3) is 0 Å². The number of nitrogens with one attached hydrogen (secondary N) is 1. The molecule has 0 aliphatic rings. The summed E-state index contributed by atoms with van der Waals surface area (Å²) < 4.78 is 25.9. The van der Waals surface area contributed by atoms with Gasteiger partial charge in [0.1, 0.15) is 0 Å². The molecule has 1 rings (SSSR count). The van der Waals surface area contributed by atoms with Crippen molar-refractivity contribution in [3.8, 4) is 0 Å². The summed E-state index contributed by atoms with van der Waals surface area (Å²) in [5, 5.41) is 8.54. The molecule has 0 bridgehead atoms. The van der Waals surface area contributed by atoms with E-state index in [1.807, 2.05) is 6.92 Å². The van der Waals surface area contributed by atoms with Crippen molar-refractivity contribution in [2.45, 2.75) is 18.7 Å². The first kappa shape index (κ1) is 16.4. The number of nitrogens with zero attached hydrogens (tertiary/aromatic N) is 1. The number of allylic oxidation sites excluding steroid dienone is 1. The zero-order chi connectivity index (χ0) is 15.2.